The summed E-state index contributed by atoms with van der Waals surface area (Å²) in [5, 5.41) is 2.06. The molecule has 1 aromatic heterocycles. The maximum absolute atomic E-state index is 10.8. The zero-order valence-electron chi connectivity index (χ0n) is 8.66. The number of ether oxygens (including phenoxy) is 1. The Labute approximate surface area is 88.9 Å². The van der Waals surface area contributed by atoms with Gasteiger partial charge in [-0.15, -0.1) is 11.3 Å². The molecule has 1 unspecified atom stereocenters. The minimum atomic E-state index is 0.0486. The largest absolute Gasteiger partial charge is 0.378 e. The highest BCUT2D eigenvalue weighted by Crippen LogP contribution is 2.09. The lowest BCUT2D eigenvalue weighted by Crippen LogP contribution is -2.13. The van der Waals surface area contributed by atoms with E-state index in [1.165, 1.54) is 4.88 Å². The molecule has 78 valence electrons. The minimum absolute atomic E-state index is 0.0486. The average molecular weight is 212 g/mol. The highest BCUT2D eigenvalue weighted by molar-refractivity contribution is 7.09. The van der Waals surface area contributed by atoms with E-state index in [9.17, 15) is 4.79 Å². The summed E-state index contributed by atoms with van der Waals surface area (Å²) in [5.41, 5.74) is 0. The molecule has 0 spiro atoms. The van der Waals surface area contributed by atoms with Gasteiger partial charge in [0.05, 0.1) is 12.7 Å². The first kappa shape index (κ1) is 11.4. The third kappa shape index (κ3) is 4.53. The minimum Gasteiger partial charge on any atom is -0.378 e. The van der Waals surface area contributed by atoms with Crippen LogP contribution in [0.2, 0.25) is 0 Å². The first-order valence-electron chi connectivity index (χ1n) is 4.82. The number of Topliss-reactive ketones (excluding diaryl/α,β-unsaturated/α-hetero) is 1. The number of hydrogen-bond acceptors (Lipinski definition) is 3. The van der Waals surface area contributed by atoms with Crippen LogP contribution >= 0.6 is 11.3 Å². The molecule has 0 aliphatic rings. The molecule has 0 fully saturated rings. The molecule has 0 radical (unpaired) electrons. The Bertz CT molecular complexity index is 267. The van der Waals surface area contributed by atoms with Crippen molar-refractivity contribution < 1.29 is 9.53 Å². The van der Waals surface area contributed by atoms with Crippen LogP contribution in [0.3, 0.4) is 0 Å². The highest BCUT2D eigenvalue weighted by Gasteiger charge is 2.05. The molecule has 3 heteroatoms. The van der Waals surface area contributed by atoms with E-state index in [2.05, 4.69) is 11.4 Å². The van der Waals surface area contributed by atoms with Crippen molar-refractivity contribution >= 4 is 17.1 Å². The van der Waals surface area contributed by atoms with E-state index in [0.717, 1.165) is 6.42 Å². The Balaban J connectivity index is 2.12. The Morgan fingerprint density at radius 1 is 1.64 bits per heavy atom. The lowest BCUT2D eigenvalue weighted by molar-refractivity contribution is -0.119. The van der Waals surface area contributed by atoms with Gasteiger partial charge in [0, 0.05) is 17.7 Å². The molecule has 0 N–H and O–H groups in total. The maximum atomic E-state index is 10.8. The predicted octanol–water partition coefficient (Wildman–Crippen LogP) is 2.67. The van der Waals surface area contributed by atoms with Gasteiger partial charge in [-0.1, -0.05) is 6.07 Å². The Hall–Kier alpha value is -0.670. The molecule has 0 aliphatic carbocycles. The van der Waals surface area contributed by atoms with Crippen LogP contribution in [0, 0.1) is 0 Å². The molecule has 0 aromatic carbocycles. The molecule has 0 saturated heterocycles. The standard InChI is InChI=1S/C11H16O2S/c1-9(12)8-10(2)13-6-5-11-4-3-7-14-11/h3-4,7,10H,5-6,8H2,1-2H3. The quantitative estimate of drug-likeness (QED) is 0.724. The van der Waals surface area contributed by atoms with Crippen LogP contribution in [0.4, 0.5) is 0 Å². The first-order valence-corrected chi connectivity index (χ1v) is 5.70. The maximum Gasteiger partial charge on any atom is 0.132 e. The van der Waals surface area contributed by atoms with Crippen LogP contribution in [0.25, 0.3) is 0 Å². The lowest BCUT2D eigenvalue weighted by atomic mass is 10.2. The van der Waals surface area contributed by atoms with Crippen LogP contribution in [0.1, 0.15) is 25.1 Å². The van der Waals surface area contributed by atoms with Gasteiger partial charge in [-0.3, -0.25) is 4.79 Å². The summed E-state index contributed by atoms with van der Waals surface area (Å²) in [6, 6.07) is 4.14. The van der Waals surface area contributed by atoms with Crippen LogP contribution in [-0.4, -0.2) is 18.5 Å². The number of carbonyl (C=O) groups excluding carboxylic acids is 1. The first-order chi connectivity index (χ1) is 6.68. The number of carbonyl (C=O) groups is 1. The van der Waals surface area contributed by atoms with E-state index < -0.39 is 0 Å². The topological polar surface area (TPSA) is 26.3 Å². The van der Waals surface area contributed by atoms with E-state index in [1.807, 2.05) is 13.0 Å². The van der Waals surface area contributed by atoms with E-state index in [-0.39, 0.29) is 11.9 Å². The zero-order valence-corrected chi connectivity index (χ0v) is 9.47. The van der Waals surface area contributed by atoms with Gasteiger partial charge in [0.1, 0.15) is 5.78 Å². The normalized spacial score (nSPS) is 12.7. The van der Waals surface area contributed by atoms with Crippen LogP contribution in [-0.2, 0) is 16.0 Å². The smallest absolute Gasteiger partial charge is 0.132 e. The van der Waals surface area contributed by atoms with E-state index in [1.54, 1.807) is 18.3 Å². The fraction of sp³-hybridized carbons (Fsp3) is 0.545. The highest BCUT2D eigenvalue weighted by atomic mass is 32.1. The summed E-state index contributed by atoms with van der Waals surface area (Å²) in [4.78, 5) is 12.1. The van der Waals surface area contributed by atoms with Crippen LogP contribution in [0.5, 0.6) is 0 Å². The lowest BCUT2D eigenvalue weighted by Gasteiger charge is -2.10. The second-order valence-corrected chi connectivity index (χ2v) is 4.45. The van der Waals surface area contributed by atoms with Gasteiger partial charge in [0.25, 0.3) is 0 Å². The number of thiophene rings is 1. The molecule has 0 amide bonds. The second kappa shape index (κ2) is 5.94. The molecule has 0 bridgehead atoms. The molecular weight excluding hydrogens is 196 g/mol. The third-order valence-corrected chi connectivity index (χ3v) is 2.84. The molecular formula is C11H16O2S. The van der Waals surface area contributed by atoms with E-state index in [4.69, 9.17) is 4.74 Å². The zero-order chi connectivity index (χ0) is 10.4. The summed E-state index contributed by atoms with van der Waals surface area (Å²) < 4.78 is 5.51. The van der Waals surface area contributed by atoms with Crippen LogP contribution in [0.15, 0.2) is 17.5 Å². The van der Waals surface area contributed by atoms with Gasteiger partial charge in [0.2, 0.25) is 0 Å². The van der Waals surface area contributed by atoms with Gasteiger partial charge in [-0.05, 0) is 25.3 Å². The monoisotopic (exact) mass is 212 g/mol. The van der Waals surface area contributed by atoms with Crippen molar-refractivity contribution in [2.45, 2.75) is 32.8 Å². The van der Waals surface area contributed by atoms with Gasteiger partial charge in [0.15, 0.2) is 0 Å². The summed E-state index contributed by atoms with van der Waals surface area (Å²) in [6.07, 6.45) is 1.51. The molecule has 0 saturated carbocycles. The summed E-state index contributed by atoms with van der Waals surface area (Å²) in [7, 11) is 0. The molecule has 14 heavy (non-hydrogen) atoms. The average Bonchev–Trinajstić information content (AvgIpc) is 2.55. The Kier molecular flexibility index (Phi) is 4.84. The van der Waals surface area contributed by atoms with Gasteiger partial charge in [-0.2, -0.15) is 0 Å². The van der Waals surface area contributed by atoms with Gasteiger partial charge < -0.3 is 4.74 Å². The number of rotatable bonds is 6. The van der Waals surface area contributed by atoms with Gasteiger partial charge >= 0.3 is 0 Å². The Morgan fingerprint density at radius 2 is 2.43 bits per heavy atom. The number of hydrogen-bond donors (Lipinski definition) is 0. The van der Waals surface area contributed by atoms with Crippen molar-refractivity contribution in [3.8, 4) is 0 Å². The van der Waals surface area contributed by atoms with E-state index >= 15 is 0 Å². The second-order valence-electron chi connectivity index (χ2n) is 3.42. The van der Waals surface area contributed by atoms with Crippen molar-refractivity contribution in [1.82, 2.24) is 0 Å². The molecule has 0 aliphatic heterocycles. The summed E-state index contributed by atoms with van der Waals surface area (Å²) >= 11 is 1.74. The third-order valence-electron chi connectivity index (χ3n) is 1.91. The molecule has 2 nitrogen and oxygen atoms in total. The Morgan fingerprint density at radius 3 is 3.00 bits per heavy atom. The fourth-order valence-corrected chi connectivity index (χ4v) is 1.97. The van der Waals surface area contributed by atoms with Crippen molar-refractivity contribution in [2.75, 3.05) is 6.61 Å². The molecule has 1 aromatic rings. The molecule has 1 rings (SSSR count). The van der Waals surface area contributed by atoms with Crippen molar-refractivity contribution in [3.05, 3.63) is 22.4 Å². The van der Waals surface area contributed by atoms with Crippen molar-refractivity contribution in [2.24, 2.45) is 0 Å². The number of ketones is 1. The molecule has 1 atom stereocenters. The van der Waals surface area contributed by atoms with E-state index in [0.29, 0.717) is 13.0 Å². The van der Waals surface area contributed by atoms with Crippen LogP contribution < -0.4 is 0 Å². The van der Waals surface area contributed by atoms with Crippen molar-refractivity contribution in [3.63, 3.8) is 0 Å². The summed E-state index contributed by atoms with van der Waals surface area (Å²) in [5.74, 6) is 0.189. The SMILES string of the molecule is CC(=O)CC(C)OCCc1cccs1. The van der Waals surface area contributed by atoms with Gasteiger partial charge in [-0.25, -0.2) is 0 Å². The fourth-order valence-electron chi connectivity index (χ4n) is 1.28. The molecule has 1 heterocycles. The van der Waals surface area contributed by atoms with Crippen molar-refractivity contribution in [1.29, 1.82) is 0 Å². The summed E-state index contributed by atoms with van der Waals surface area (Å²) in [6.45, 7) is 4.24. The predicted molar refractivity (Wildman–Crippen MR) is 58.7 cm³/mol.